The first-order valence-corrected chi connectivity index (χ1v) is 7.15. The third kappa shape index (κ3) is 3.66. The van der Waals surface area contributed by atoms with Crippen molar-refractivity contribution in [2.24, 2.45) is 0 Å². The summed E-state index contributed by atoms with van der Waals surface area (Å²) in [4.78, 5) is 11.8. The molecule has 2 rings (SSSR count). The largest absolute Gasteiger partial charge is 0.354 e. The maximum atomic E-state index is 8.64. The Balaban J connectivity index is 2.18. The third-order valence-corrected chi connectivity index (χ3v) is 4.03. The number of aromatic nitrogens is 2. The molecule has 1 N–H and O–H groups in total. The molecule has 0 aliphatic rings. The molecular weight excluding hydrogens is 326 g/mol. The van der Waals surface area contributed by atoms with Crippen molar-refractivity contribution in [1.82, 2.24) is 9.97 Å². The van der Waals surface area contributed by atoms with Gasteiger partial charge in [-0.2, -0.15) is 5.26 Å². The maximum absolute atomic E-state index is 8.64. The number of hydrogen-bond acceptors (Lipinski definition) is 6. The number of nitrogens with zero attached hydrogens (tertiary/aromatic N) is 4. The molecule has 2 aromatic heterocycles. The molecule has 19 heavy (non-hydrogen) atoms. The van der Waals surface area contributed by atoms with Crippen molar-refractivity contribution in [2.45, 2.75) is 13.5 Å². The minimum atomic E-state index is 0.518. The van der Waals surface area contributed by atoms with Crippen LogP contribution in [0.4, 0.5) is 11.6 Å². The van der Waals surface area contributed by atoms with E-state index in [1.807, 2.05) is 31.1 Å². The second kappa shape index (κ2) is 5.99. The van der Waals surface area contributed by atoms with E-state index in [1.54, 1.807) is 17.4 Å². The van der Waals surface area contributed by atoms with Crippen LogP contribution in [-0.4, -0.2) is 17.0 Å². The number of thiophene rings is 1. The molecule has 2 aromatic rings. The number of anilines is 2. The number of nitrogens with one attached hydrogen (secondary N) is 1. The van der Waals surface area contributed by atoms with Crippen LogP contribution in [0.3, 0.4) is 0 Å². The number of hydrogen-bond donors (Lipinski definition) is 1. The van der Waals surface area contributed by atoms with Gasteiger partial charge in [-0.3, -0.25) is 5.32 Å². The van der Waals surface area contributed by atoms with Gasteiger partial charge in [-0.05, 0) is 35.0 Å². The van der Waals surface area contributed by atoms with Crippen molar-refractivity contribution in [2.75, 3.05) is 17.3 Å². The van der Waals surface area contributed by atoms with Crippen LogP contribution in [0.1, 0.15) is 10.7 Å². The second-order valence-electron chi connectivity index (χ2n) is 3.96. The van der Waals surface area contributed by atoms with Crippen molar-refractivity contribution < 1.29 is 0 Å². The van der Waals surface area contributed by atoms with Gasteiger partial charge in [0.05, 0.1) is 10.3 Å². The highest BCUT2D eigenvalue weighted by atomic mass is 79.9. The van der Waals surface area contributed by atoms with Gasteiger partial charge in [0.1, 0.15) is 17.5 Å². The Bertz CT molecular complexity index is 619. The maximum Gasteiger partial charge on any atom is 0.182 e. The fourth-order valence-electron chi connectivity index (χ4n) is 1.62. The summed E-state index contributed by atoms with van der Waals surface area (Å²) in [6, 6.07) is 5.87. The second-order valence-corrected chi connectivity index (χ2v) is 6.50. The lowest BCUT2D eigenvalue weighted by molar-refractivity contribution is 0.892. The first-order chi connectivity index (χ1) is 9.08. The highest BCUT2D eigenvalue weighted by Crippen LogP contribution is 2.24. The van der Waals surface area contributed by atoms with Gasteiger partial charge in [-0.25, -0.2) is 9.97 Å². The van der Waals surface area contributed by atoms with Crippen LogP contribution in [0, 0.1) is 18.4 Å². The van der Waals surface area contributed by atoms with Crippen LogP contribution >= 0.6 is 27.3 Å². The molecule has 0 unspecified atom stereocenters. The molecule has 0 amide bonds. The summed E-state index contributed by atoms with van der Waals surface area (Å²) in [5, 5.41) is 11.2. The van der Waals surface area contributed by atoms with E-state index in [9.17, 15) is 0 Å². The van der Waals surface area contributed by atoms with Crippen molar-refractivity contribution in [3.05, 3.63) is 32.7 Å². The van der Waals surface area contributed by atoms with E-state index in [0.29, 0.717) is 11.6 Å². The fraction of sp³-hybridized carbons (Fsp3) is 0.250. The van der Waals surface area contributed by atoms with E-state index >= 15 is 0 Å². The van der Waals surface area contributed by atoms with Crippen molar-refractivity contribution in [3.8, 4) is 6.19 Å². The van der Waals surface area contributed by atoms with Crippen molar-refractivity contribution >= 4 is 38.9 Å². The molecule has 5 nitrogen and oxygen atoms in total. The van der Waals surface area contributed by atoms with Crippen LogP contribution in [-0.2, 0) is 6.54 Å². The predicted octanol–water partition coefficient (Wildman–Crippen LogP) is 3.14. The van der Waals surface area contributed by atoms with Gasteiger partial charge in [-0.1, -0.05) is 0 Å². The molecule has 0 radical (unpaired) electrons. The minimum Gasteiger partial charge on any atom is -0.354 e. The molecule has 98 valence electrons. The van der Waals surface area contributed by atoms with Crippen LogP contribution in [0.15, 0.2) is 22.0 Å². The zero-order valence-corrected chi connectivity index (χ0v) is 12.9. The average molecular weight is 338 g/mol. The Hall–Kier alpha value is -1.65. The van der Waals surface area contributed by atoms with Crippen LogP contribution in [0.2, 0.25) is 0 Å². The zero-order valence-electron chi connectivity index (χ0n) is 10.5. The lowest BCUT2D eigenvalue weighted by Crippen LogP contribution is -2.18. The summed E-state index contributed by atoms with van der Waals surface area (Å²) in [5.74, 6) is 1.94. The summed E-state index contributed by atoms with van der Waals surface area (Å²) < 4.78 is 1.11. The first-order valence-electron chi connectivity index (χ1n) is 5.54. The van der Waals surface area contributed by atoms with E-state index in [2.05, 4.69) is 37.3 Å². The molecule has 0 aliphatic heterocycles. The number of nitriles is 1. The molecule has 0 spiro atoms. The highest BCUT2D eigenvalue weighted by molar-refractivity contribution is 9.11. The molecule has 7 heteroatoms. The average Bonchev–Trinajstić information content (AvgIpc) is 2.74. The van der Waals surface area contributed by atoms with Crippen LogP contribution in [0.5, 0.6) is 0 Å². The molecule has 0 saturated carbocycles. The van der Waals surface area contributed by atoms with Gasteiger partial charge < -0.3 is 4.90 Å². The quantitative estimate of drug-likeness (QED) is 0.685. The summed E-state index contributed by atoms with van der Waals surface area (Å²) in [6.07, 6.45) is 1.87. The number of halogens is 1. The number of aryl methyl sites for hydroxylation is 1. The molecular formula is C12H12BrN5S. The van der Waals surface area contributed by atoms with E-state index in [-0.39, 0.29) is 0 Å². The van der Waals surface area contributed by atoms with Crippen molar-refractivity contribution in [1.29, 1.82) is 5.26 Å². The predicted molar refractivity (Wildman–Crippen MR) is 80.1 cm³/mol. The van der Waals surface area contributed by atoms with Crippen molar-refractivity contribution in [3.63, 3.8) is 0 Å². The first kappa shape index (κ1) is 13.8. The lowest BCUT2D eigenvalue weighted by atomic mass is 10.4. The third-order valence-electron chi connectivity index (χ3n) is 2.42. The number of rotatable bonds is 4. The molecule has 0 fully saturated rings. The van der Waals surface area contributed by atoms with Gasteiger partial charge in [0, 0.05) is 18.0 Å². The molecule has 0 aromatic carbocycles. The Morgan fingerprint density at radius 1 is 1.47 bits per heavy atom. The van der Waals surface area contributed by atoms with E-state index in [0.717, 1.165) is 16.1 Å². The fourth-order valence-corrected chi connectivity index (χ4v) is 3.16. The summed E-state index contributed by atoms with van der Waals surface area (Å²) in [5.41, 5.74) is 0. The Kier molecular flexibility index (Phi) is 4.35. The van der Waals surface area contributed by atoms with Gasteiger partial charge in [0.15, 0.2) is 6.19 Å². The normalized spacial score (nSPS) is 10.0. The molecule has 2 heterocycles. The molecule has 0 atom stereocenters. The summed E-state index contributed by atoms with van der Waals surface area (Å²) in [6.45, 7) is 2.57. The van der Waals surface area contributed by atoms with E-state index < -0.39 is 0 Å². The molecule has 0 bridgehead atoms. The highest BCUT2D eigenvalue weighted by Gasteiger charge is 2.08. The summed E-state index contributed by atoms with van der Waals surface area (Å²) >= 11 is 5.14. The standard InChI is InChI=1S/C12H12BrN5S/c1-8-16-11(15-7-14)5-12(17-8)18(2)6-9-3-4-10(13)19-9/h3-5H,6H2,1-2H3,(H,15,16,17). The van der Waals surface area contributed by atoms with Crippen LogP contribution < -0.4 is 10.2 Å². The van der Waals surface area contributed by atoms with Crippen LogP contribution in [0.25, 0.3) is 0 Å². The van der Waals surface area contributed by atoms with E-state index in [1.165, 1.54) is 4.88 Å². The van der Waals surface area contributed by atoms with Gasteiger partial charge in [0.25, 0.3) is 0 Å². The smallest absolute Gasteiger partial charge is 0.182 e. The lowest BCUT2D eigenvalue weighted by Gasteiger charge is -2.18. The van der Waals surface area contributed by atoms with Gasteiger partial charge in [0.2, 0.25) is 0 Å². The Morgan fingerprint density at radius 2 is 2.26 bits per heavy atom. The topological polar surface area (TPSA) is 64.8 Å². The molecule has 0 saturated heterocycles. The van der Waals surface area contributed by atoms with E-state index in [4.69, 9.17) is 5.26 Å². The summed E-state index contributed by atoms with van der Waals surface area (Å²) in [7, 11) is 1.96. The molecule has 0 aliphatic carbocycles. The van der Waals surface area contributed by atoms with Gasteiger partial charge in [-0.15, -0.1) is 11.3 Å². The Morgan fingerprint density at radius 3 is 2.89 bits per heavy atom. The van der Waals surface area contributed by atoms with Gasteiger partial charge >= 0.3 is 0 Å². The SMILES string of the molecule is Cc1nc(NC#N)cc(N(C)Cc2ccc(Br)s2)n1. The minimum absolute atomic E-state index is 0.518. The monoisotopic (exact) mass is 337 g/mol. The zero-order chi connectivity index (χ0) is 13.8. The Labute approximate surface area is 124 Å².